The van der Waals surface area contributed by atoms with Crippen molar-refractivity contribution in [2.45, 2.75) is 32.9 Å². The van der Waals surface area contributed by atoms with Crippen LogP contribution in [0.3, 0.4) is 0 Å². The maximum absolute atomic E-state index is 12.7. The summed E-state index contributed by atoms with van der Waals surface area (Å²) in [5.41, 5.74) is 1.03. The van der Waals surface area contributed by atoms with Crippen molar-refractivity contribution in [1.29, 1.82) is 0 Å². The largest absolute Gasteiger partial charge is 0.497 e. The summed E-state index contributed by atoms with van der Waals surface area (Å²) < 4.78 is 10.2. The SMILES string of the molecule is CCC(C)NC(=O)c1csc(CN(CCOC)C(=O)Nc2ccc(OC)cc2)n1. The maximum atomic E-state index is 12.7. The minimum Gasteiger partial charge on any atom is -0.497 e. The molecule has 0 bridgehead atoms. The van der Waals surface area contributed by atoms with Crippen molar-refractivity contribution < 1.29 is 19.1 Å². The molecule has 9 heteroatoms. The van der Waals surface area contributed by atoms with Crippen LogP contribution in [0.5, 0.6) is 5.75 Å². The molecule has 158 valence electrons. The first-order valence-electron chi connectivity index (χ1n) is 9.41. The Balaban J connectivity index is 2.03. The lowest BCUT2D eigenvalue weighted by Gasteiger charge is -2.22. The van der Waals surface area contributed by atoms with Crippen LogP contribution >= 0.6 is 11.3 Å². The molecule has 1 aromatic carbocycles. The lowest BCUT2D eigenvalue weighted by molar-refractivity contribution is 0.0934. The fourth-order valence-corrected chi connectivity index (χ4v) is 3.17. The number of aromatic nitrogens is 1. The van der Waals surface area contributed by atoms with Gasteiger partial charge in [0.1, 0.15) is 16.5 Å². The van der Waals surface area contributed by atoms with Gasteiger partial charge in [-0.25, -0.2) is 9.78 Å². The lowest BCUT2D eigenvalue weighted by atomic mass is 10.2. The van der Waals surface area contributed by atoms with E-state index in [4.69, 9.17) is 9.47 Å². The molecule has 2 aromatic rings. The zero-order valence-electron chi connectivity index (χ0n) is 17.2. The molecule has 2 N–H and O–H groups in total. The summed E-state index contributed by atoms with van der Waals surface area (Å²) in [4.78, 5) is 30.9. The molecule has 0 aliphatic carbocycles. The average Bonchev–Trinajstić information content (AvgIpc) is 3.20. The van der Waals surface area contributed by atoms with Gasteiger partial charge in [0.2, 0.25) is 0 Å². The van der Waals surface area contributed by atoms with Crippen LogP contribution in [0.4, 0.5) is 10.5 Å². The number of ether oxygens (including phenoxy) is 2. The Morgan fingerprint density at radius 3 is 2.59 bits per heavy atom. The summed E-state index contributed by atoms with van der Waals surface area (Å²) in [6.07, 6.45) is 0.846. The summed E-state index contributed by atoms with van der Waals surface area (Å²) in [6, 6.07) is 6.91. The fraction of sp³-hybridized carbons (Fsp3) is 0.450. The van der Waals surface area contributed by atoms with Gasteiger partial charge in [-0.2, -0.15) is 0 Å². The third-order valence-corrected chi connectivity index (χ3v) is 5.13. The van der Waals surface area contributed by atoms with Gasteiger partial charge in [0, 0.05) is 30.8 Å². The highest BCUT2D eigenvalue weighted by Crippen LogP contribution is 2.17. The van der Waals surface area contributed by atoms with Crippen LogP contribution in [0.15, 0.2) is 29.6 Å². The number of thiazole rings is 1. The molecule has 1 atom stereocenters. The smallest absolute Gasteiger partial charge is 0.322 e. The molecular weight excluding hydrogens is 392 g/mol. The Morgan fingerprint density at radius 2 is 1.97 bits per heavy atom. The molecule has 2 rings (SSSR count). The Bertz CT molecular complexity index is 794. The summed E-state index contributed by atoms with van der Waals surface area (Å²) in [5.74, 6) is 0.512. The molecule has 0 spiro atoms. The molecule has 0 aliphatic heterocycles. The van der Waals surface area contributed by atoms with E-state index in [9.17, 15) is 9.59 Å². The van der Waals surface area contributed by atoms with Crippen molar-refractivity contribution >= 4 is 29.0 Å². The molecule has 1 unspecified atom stereocenters. The molecule has 1 aromatic heterocycles. The number of anilines is 1. The molecule has 0 aliphatic rings. The van der Waals surface area contributed by atoms with Gasteiger partial charge in [-0.15, -0.1) is 11.3 Å². The summed E-state index contributed by atoms with van der Waals surface area (Å²) >= 11 is 1.35. The third kappa shape index (κ3) is 7.03. The second-order valence-corrected chi connectivity index (χ2v) is 7.42. The van der Waals surface area contributed by atoms with Gasteiger partial charge in [-0.3, -0.25) is 4.79 Å². The number of hydrogen-bond donors (Lipinski definition) is 2. The van der Waals surface area contributed by atoms with E-state index in [2.05, 4.69) is 15.6 Å². The quantitative estimate of drug-likeness (QED) is 0.615. The van der Waals surface area contributed by atoms with Crippen LogP contribution in [0.2, 0.25) is 0 Å². The zero-order chi connectivity index (χ0) is 21.2. The molecule has 0 saturated heterocycles. The fourth-order valence-electron chi connectivity index (χ4n) is 2.38. The van der Waals surface area contributed by atoms with Crippen molar-refractivity contribution in [2.24, 2.45) is 0 Å². The van der Waals surface area contributed by atoms with Crippen LogP contribution in [0.1, 0.15) is 35.8 Å². The normalized spacial score (nSPS) is 11.6. The first-order valence-corrected chi connectivity index (χ1v) is 10.3. The van der Waals surface area contributed by atoms with Gasteiger partial charge in [0.05, 0.1) is 20.3 Å². The summed E-state index contributed by atoms with van der Waals surface area (Å²) in [6.45, 7) is 5.02. The number of nitrogens with one attached hydrogen (secondary N) is 2. The Kier molecular flexibility index (Phi) is 8.88. The summed E-state index contributed by atoms with van der Waals surface area (Å²) in [5, 5.41) is 8.14. The number of amides is 3. The second kappa shape index (κ2) is 11.4. The average molecular weight is 421 g/mol. The van der Waals surface area contributed by atoms with Gasteiger partial charge in [-0.1, -0.05) is 6.92 Å². The number of methoxy groups -OCH3 is 2. The molecule has 0 radical (unpaired) electrons. The number of rotatable bonds is 10. The van der Waals surface area contributed by atoms with Crippen LogP contribution in [0, 0.1) is 0 Å². The van der Waals surface area contributed by atoms with Crippen LogP contribution in [-0.4, -0.2) is 55.2 Å². The number of carbonyl (C=O) groups excluding carboxylic acids is 2. The van der Waals surface area contributed by atoms with Gasteiger partial charge in [0.25, 0.3) is 5.91 Å². The van der Waals surface area contributed by atoms with Crippen molar-refractivity contribution in [3.63, 3.8) is 0 Å². The number of hydrogen-bond acceptors (Lipinski definition) is 6. The van der Waals surface area contributed by atoms with E-state index < -0.39 is 0 Å². The van der Waals surface area contributed by atoms with E-state index in [1.807, 2.05) is 13.8 Å². The Morgan fingerprint density at radius 1 is 1.24 bits per heavy atom. The van der Waals surface area contributed by atoms with E-state index in [1.54, 1.807) is 48.8 Å². The Hall–Kier alpha value is -2.65. The van der Waals surface area contributed by atoms with Gasteiger partial charge < -0.3 is 25.0 Å². The molecule has 3 amide bonds. The van der Waals surface area contributed by atoms with Crippen LogP contribution in [0.25, 0.3) is 0 Å². The number of nitrogens with zero attached hydrogens (tertiary/aromatic N) is 2. The van der Waals surface area contributed by atoms with E-state index >= 15 is 0 Å². The number of carbonyl (C=O) groups is 2. The topological polar surface area (TPSA) is 92.8 Å². The molecule has 0 saturated carbocycles. The molecule has 8 nitrogen and oxygen atoms in total. The minimum absolute atomic E-state index is 0.0844. The van der Waals surface area contributed by atoms with Crippen molar-refractivity contribution in [2.75, 3.05) is 32.7 Å². The van der Waals surface area contributed by atoms with Crippen LogP contribution in [-0.2, 0) is 11.3 Å². The van der Waals surface area contributed by atoms with Gasteiger partial charge >= 0.3 is 6.03 Å². The predicted octanol–water partition coefficient (Wildman–Crippen LogP) is 3.36. The standard InChI is InChI=1S/C20H28N4O4S/c1-5-14(2)21-19(25)17-13-29-18(23-17)12-24(10-11-27-3)20(26)22-15-6-8-16(28-4)9-7-15/h6-9,13-14H,5,10-12H2,1-4H3,(H,21,25)(H,22,26). The van der Waals surface area contributed by atoms with Crippen molar-refractivity contribution in [3.05, 3.63) is 40.3 Å². The van der Waals surface area contributed by atoms with Crippen LogP contribution < -0.4 is 15.4 Å². The molecule has 1 heterocycles. The molecular formula is C20H28N4O4S. The Labute approximate surface area is 175 Å². The highest BCUT2D eigenvalue weighted by atomic mass is 32.1. The van der Waals surface area contributed by atoms with Crippen molar-refractivity contribution in [3.8, 4) is 5.75 Å². The highest BCUT2D eigenvalue weighted by Gasteiger charge is 2.18. The monoisotopic (exact) mass is 420 g/mol. The molecule has 29 heavy (non-hydrogen) atoms. The highest BCUT2D eigenvalue weighted by molar-refractivity contribution is 7.09. The molecule has 0 fully saturated rings. The number of benzene rings is 1. The van der Waals surface area contributed by atoms with Gasteiger partial charge in [-0.05, 0) is 37.6 Å². The first-order chi connectivity index (χ1) is 14.0. The van der Waals surface area contributed by atoms with Gasteiger partial charge in [0.15, 0.2) is 0 Å². The van der Waals surface area contributed by atoms with Crippen molar-refractivity contribution in [1.82, 2.24) is 15.2 Å². The lowest BCUT2D eigenvalue weighted by Crippen LogP contribution is -2.37. The summed E-state index contributed by atoms with van der Waals surface area (Å²) in [7, 11) is 3.17. The zero-order valence-corrected chi connectivity index (χ0v) is 18.0. The second-order valence-electron chi connectivity index (χ2n) is 6.48. The maximum Gasteiger partial charge on any atom is 0.322 e. The van der Waals surface area contributed by atoms with E-state index in [-0.39, 0.29) is 24.5 Å². The minimum atomic E-state index is -0.270. The van der Waals surface area contributed by atoms with E-state index in [0.29, 0.717) is 35.3 Å². The van der Waals surface area contributed by atoms with E-state index in [0.717, 1.165) is 6.42 Å². The number of urea groups is 1. The first kappa shape index (κ1) is 22.6. The predicted molar refractivity (Wildman–Crippen MR) is 114 cm³/mol. The van der Waals surface area contributed by atoms with E-state index in [1.165, 1.54) is 11.3 Å². The third-order valence-electron chi connectivity index (χ3n) is 4.29.